The summed E-state index contributed by atoms with van der Waals surface area (Å²) in [7, 11) is 1.42. The van der Waals surface area contributed by atoms with Crippen molar-refractivity contribution in [1.82, 2.24) is 10.2 Å². The summed E-state index contributed by atoms with van der Waals surface area (Å²) >= 11 is 11.7. The molecule has 2 aromatic rings. The van der Waals surface area contributed by atoms with Gasteiger partial charge in [0, 0.05) is 18.3 Å². The molecule has 0 aromatic heterocycles. The van der Waals surface area contributed by atoms with Crippen LogP contribution in [0.4, 0.5) is 10.1 Å². The van der Waals surface area contributed by atoms with Gasteiger partial charge in [-0.2, -0.15) is 0 Å². The van der Waals surface area contributed by atoms with E-state index in [1.165, 1.54) is 37.4 Å². The topological polar surface area (TPSA) is 78.5 Å². The van der Waals surface area contributed by atoms with Gasteiger partial charge in [0.2, 0.25) is 11.8 Å². The Hall–Kier alpha value is -2.64. The van der Waals surface area contributed by atoms with Crippen molar-refractivity contribution >= 4 is 46.6 Å². The third-order valence-electron chi connectivity index (χ3n) is 3.50. The van der Waals surface area contributed by atoms with E-state index in [2.05, 4.69) is 10.6 Å². The summed E-state index contributed by atoms with van der Waals surface area (Å²) < 4.78 is 13.1. The van der Waals surface area contributed by atoms with Crippen molar-refractivity contribution in [3.8, 4) is 0 Å². The minimum absolute atomic E-state index is 0.0998. The molecule has 0 unspecified atom stereocenters. The fraction of sp³-hybridized carbons (Fsp3) is 0.167. The summed E-state index contributed by atoms with van der Waals surface area (Å²) in [5.41, 5.74) is 0.539. The van der Waals surface area contributed by atoms with Gasteiger partial charge in [-0.25, -0.2) is 4.39 Å². The molecule has 0 bridgehead atoms. The second kappa shape index (κ2) is 9.34. The Morgan fingerprint density at radius 2 is 1.81 bits per heavy atom. The number of benzene rings is 2. The Labute approximate surface area is 165 Å². The number of carbonyl (C=O) groups is 3. The summed E-state index contributed by atoms with van der Waals surface area (Å²) in [5.74, 6) is -2.06. The Balaban J connectivity index is 1.83. The third-order valence-corrected chi connectivity index (χ3v) is 4.24. The summed E-state index contributed by atoms with van der Waals surface area (Å²) in [6, 6.07) is 9.70. The number of amides is 3. The predicted molar refractivity (Wildman–Crippen MR) is 101 cm³/mol. The molecule has 2 rings (SSSR count). The molecule has 2 aromatic carbocycles. The molecule has 0 fully saturated rings. The van der Waals surface area contributed by atoms with E-state index in [0.717, 1.165) is 11.0 Å². The first-order valence-corrected chi connectivity index (χ1v) is 8.54. The largest absolute Gasteiger partial charge is 0.343 e. The van der Waals surface area contributed by atoms with E-state index in [9.17, 15) is 18.8 Å². The molecule has 0 aliphatic carbocycles. The van der Waals surface area contributed by atoms with Crippen LogP contribution < -0.4 is 10.6 Å². The maximum absolute atomic E-state index is 13.1. The number of likely N-dealkylation sites (N-methyl/N-ethyl adjacent to an activating group) is 1. The SMILES string of the molecule is CN(CC(=O)Nc1ccc(Cl)c(Cl)c1)C(=O)CNC(=O)c1cccc(F)c1. The number of rotatable bonds is 6. The van der Waals surface area contributed by atoms with Crippen molar-refractivity contribution in [2.45, 2.75) is 0 Å². The number of nitrogens with zero attached hydrogens (tertiary/aromatic N) is 1. The quantitative estimate of drug-likeness (QED) is 0.766. The highest BCUT2D eigenvalue weighted by atomic mass is 35.5. The van der Waals surface area contributed by atoms with Crippen molar-refractivity contribution < 1.29 is 18.8 Å². The fourth-order valence-electron chi connectivity index (χ4n) is 2.10. The second-order valence-electron chi connectivity index (χ2n) is 5.62. The van der Waals surface area contributed by atoms with Crippen molar-refractivity contribution in [2.75, 3.05) is 25.5 Å². The summed E-state index contributed by atoms with van der Waals surface area (Å²) in [6.07, 6.45) is 0. The molecule has 0 radical (unpaired) electrons. The van der Waals surface area contributed by atoms with Gasteiger partial charge in [-0.15, -0.1) is 0 Å². The molecule has 9 heteroatoms. The highest BCUT2D eigenvalue weighted by molar-refractivity contribution is 6.42. The van der Waals surface area contributed by atoms with Gasteiger partial charge in [0.1, 0.15) is 5.82 Å². The first-order chi connectivity index (χ1) is 12.8. The normalized spacial score (nSPS) is 10.2. The summed E-state index contributed by atoms with van der Waals surface area (Å²) in [4.78, 5) is 37.1. The first kappa shape index (κ1) is 20.7. The van der Waals surface area contributed by atoms with Gasteiger partial charge in [0.15, 0.2) is 0 Å². The monoisotopic (exact) mass is 411 g/mol. The molecule has 0 aliphatic heterocycles. The Morgan fingerprint density at radius 1 is 1.07 bits per heavy atom. The van der Waals surface area contributed by atoms with Crippen LogP contribution in [-0.4, -0.2) is 42.8 Å². The molecular formula is C18H16Cl2FN3O3. The zero-order valence-corrected chi connectivity index (χ0v) is 15.8. The van der Waals surface area contributed by atoms with Crippen LogP contribution >= 0.6 is 23.2 Å². The molecule has 0 heterocycles. The van der Waals surface area contributed by atoms with Gasteiger partial charge in [-0.3, -0.25) is 14.4 Å². The number of carbonyl (C=O) groups excluding carboxylic acids is 3. The number of hydrogen-bond acceptors (Lipinski definition) is 3. The molecule has 0 saturated heterocycles. The standard InChI is InChI=1S/C18H16Cl2FN3O3/c1-24(10-16(25)23-13-5-6-14(19)15(20)8-13)17(26)9-22-18(27)11-3-2-4-12(21)7-11/h2-8H,9-10H2,1H3,(H,22,27)(H,23,25). The van der Waals surface area contributed by atoms with Crippen LogP contribution in [0.3, 0.4) is 0 Å². The van der Waals surface area contributed by atoms with Crippen LogP contribution in [0, 0.1) is 5.82 Å². The molecule has 0 saturated carbocycles. The second-order valence-corrected chi connectivity index (χ2v) is 6.43. The molecule has 0 atom stereocenters. The van der Waals surface area contributed by atoms with Gasteiger partial charge in [-0.05, 0) is 36.4 Å². The Kier molecular flexibility index (Phi) is 7.15. The van der Waals surface area contributed by atoms with Crippen LogP contribution in [0.1, 0.15) is 10.4 Å². The van der Waals surface area contributed by atoms with Crippen molar-refractivity contribution in [1.29, 1.82) is 0 Å². The molecule has 0 aliphatic rings. The lowest BCUT2D eigenvalue weighted by molar-refractivity contribution is -0.132. The molecule has 0 spiro atoms. The predicted octanol–water partition coefficient (Wildman–Crippen LogP) is 2.96. The molecule has 142 valence electrons. The van der Waals surface area contributed by atoms with E-state index in [1.54, 1.807) is 6.07 Å². The number of anilines is 1. The maximum Gasteiger partial charge on any atom is 0.251 e. The van der Waals surface area contributed by atoms with Crippen molar-refractivity contribution in [3.63, 3.8) is 0 Å². The van der Waals surface area contributed by atoms with E-state index in [4.69, 9.17) is 23.2 Å². The van der Waals surface area contributed by atoms with E-state index in [-0.39, 0.29) is 18.7 Å². The summed E-state index contributed by atoms with van der Waals surface area (Å²) in [5, 5.41) is 5.62. The number of hydrogen-bond donors (Lipinski definition) is 2. The van der Waals surface area contributed by atoms with Crippen LogP contribution in [0.25, 0.3) is 0 Å². The van der Waals surface area contributed by atoms with Gasteiger partial charge in [-0.1, -0.05) is 29.3 Å². The van der Waals surface area contributed by atoms with Gasteiger partial charge in [0.25, 0.3) is 5.91 Å². The molecule has 3 amide bonds. The minimum Gasteiger partial charge on any atom is -0.343 e. The zero-order valence-electron chi connectivity index (χ0n) is 14.3. The number of nitrogens with one attached hydrogen (secondary N) is 2. The van der Waals surface area contributed by atoms with Crippen LogP contribution in [0.2, 0.25) is 10.0 Å². The molecule has 6 nitrogen and oxygen atoms in total. The van der Waals surface area contributed by atoms with Gasteiger partial charge < -0.3 is 15.5 Å². The van der Waals surface area contributed by atoms with Crippen molar-refractivity contribution in [2.24, 2.45) is 0 Å². The maximum atomic E-state index is 13.1. The smallest absolute Gasteiger partial charge is 0.251 e. The lowest BCUT2D eigenvalue weighted by atomic mass is 10.2. The lowest BCUT2D eigenvalue weighted by Gasteiger charge is -2.17. The average Bonchev–Trinajstić information content (AvgIpc) is 2.62. The number of halogens is 3. The lowest BCUT2D eigenvalue weighted by Crippen LogP contribution is -2.41. The minimum atomic E-state index is -0.587. The van der Waals surface area contributed by atoms with E-state index in [1.807, 2.05) is 0 Å². The molecule has 2 N–H and O–H groups in total. The Bertz CT molecular complexity index is 877. The molecular weight excluding hydrogens is 396 g/mol. The van der Waals surface area contributed by atoms with Gasteiger partial charge in [0.05, 0.1) is 23.1 Å². The third kappa shape index (κ3) is 6.23. The van der Waals surface area contributed by atoms with Crippen LogP contribution in [0.5, 0.6) is 0 Å². The van der Waals surface area contributed by atoms with Crippen LogP contribution in [-0.2, 0) is 9.59 Å². The van der Waals surface area contributed by atoms with E-state index >= 15 is 0 Å². The Morgan fingerprint density at radius 3 is 2.48 bits per heavy atom. The highest BCUT2D eigenvalue weighted by Crippen LogP contribution is 2.24. The first-order valence-electron chi connectivity index (χ1n) is 7.79. The van der Waals surface area contributed by atoms with E-state index in [0.29, 0.717) is 15.7 Å². The highest BCUT2D eigenvalue weighted by Gasteiger charge is 2.15. The van der Waals surface area contributed by atoms with Crippen molar-refractivity contribution in [3.05, 3.63) is 63.9 Å². The van der Waals surface area contributed by atoms with Gasteiger partial charge >= 0.3 is 0 Å². The van der Waals surface area contributed by atoms with Crippen LogP contribution in [0.15, 0.2) is 42.5 Å². The van der Waals surface area contributed by atoms with E-state index < -0.39 is 23.5 Å². The fourth-order valence-corrected chi connectivity index (χ4v) is 2.40. The summed E-state index contributed by atoms with van der Waals surface area (Å²) in [6.45, 7) is -0.555. The average molecular weight is 412 g/mol. The zero-order chi connectivity index (χ0) is 20.0. The molecule has 27 heavy (non-hydrogen) atoms.